The fourth-order valence-corrected chi connectivity index (χ4v) is 5.01. The largest absolute Gasteiger partial charge is 0.390 e. The first-order chi connectivity index (χ1) is 16.4. The number of amides is 2. The molecule has 2 amide bonds. The van der Waals surface area contributed by atoms with Crippen LogP contribution in [-0.4, -0.2) is 61.5 Å². The van der Waals surface area contributed by atoms with E-state index in [-0.39, 0.29) is 30.0 Å². The minimum Gasteiger partial charge on any atom is -0.390 e. The molecule has 1 aromatic rings. The Kier molecular flexibility index (Phi) is 11.4. The molecular formula is C27H44N2O5S. The summed E-state index contributed by atoms with van der Waals surface area (Å²) in [5.41, 5.74) is 0.976. The summed E-state index contributed by atoms with van der Waals surface area (Å²) >= 11 is 0. The van der Waals surface area contributed by atoms with Crippen LogP contribution in [0.15, 0.2) is 30.3 Å². The van der Waals surface area contributed by atoms with Gasteiger partial charge in [0.2, 0.25) is 11.8 Å². The molecule has 1 aliphatic rings. The number of carbonyl (C=O) groups excluding carboxylic acids is 2. The molecule has 1 aliphatic carbocycles. The van der Waals surface area contributed by atoms with E-state index >= 15 is 0 Å². The zero-order valence-electron chi connectivity index (χ0n) is 21.8. The van der Waals surface area contributed by atoms with Crippen LogP contribution >= 0.6 is 0 Å². The first-order valence-electron chi connectivity index (χ1n) is 12.7. The second-order valence-corrected chi connectivity index (χ2v) is 13.5. The summed E-state index contributed by atoms with van der Waals surface area (Å²) in [6.45, 7) is 9.50. The van der Waals surface area contributed by atoms with E-state index in [9.17, 15) is 24.0 Å². The summed E-state index contributed by atoms with van der Waals surface area (Å²) < 4.78 is 12.4. The Balaban J connectivity index is 2.07. The van der Waals surface area contributed by atoms with Crippen LogP contribution in [0.1, 0.15) is 65.9 Å². The van der Waals surface area contributed by atoms with Crippen molar-refractivity contribution >= 4 is 22.6 Å². The van der Waals surface area contributed by atoms with Crippen molar-refractivity contribution < 1.29 is 24.0 Å². The Labute approximate surface area is 212 Å². The highest BCUT2D eigenvalue weighted by atomic mass is 32.2. The van der Waals surface area contributed by atoms with Crippen LogP contribution in [0.5, 0.6) is 0 Å². The minimum absolute atomic E-state index is 0.0781. The van der Waals surface area contributed by atoms with E-state index in [1.165, 1.54) is 0 Å². The Hall–Kier alpha value is -1.77. The van der Waals surface area contributed by atoms with Crippen molar-refractivity contribution in [1.29, 1.82) is 0 Å². The van der Waals surface area contributed by atoms with Crippen LogP contribution in [0.25, 0.3) is 0 Å². The monoisotopic (exact) mass is 508 g/mol. The summed E-state index contributed by atoms with van der Waals surface area (Å²) in [5.74, 6) is -0.368. The maximum absolute atomic E-state index is 13.4. The van der Waals surface area contributed by atoms with Crippen LogP contribution in [0.3, 0.4) is 0 Å². The molecule has 0 aliphatic heterocycles. The van der Waals surface area contributed by atoms with Crippen molar-refractivity contribution in [1.82, 2.24) is 10.6 Å². The fraction of sp³-hybridized carbons (Fsp3) is 0.704. The van der Waals surface area contributed by atoms with Crippen molar-refractivity contribution in [3.63, 3.8) is 0 Å². The summed E-state index contributed by atoms with van der Waals surface area (Å²) in [4.78, 5) is 26.4. The molecule has 198 valence electrons. The van der Waals surface area contributed by atoms with Crippen molar-refractivity contribution in [3.05, 3.63) is 35.9 Å². The van der Waals surface area contributed by atoms with Gasteiger partial charge in [-0.1, -0.05) is 57.0 Å². The number of carbonyl (C=O) groups is 2. The van der Waals surface area contributed by atoms with Gasteiger partial charge in [-0.25, -0.2) is 0 Å². The molecule has 1 fully saturated rings. The molecule has 0 radical (unpaired) electrons. The van der Waals surface area contributed by atoms with Crippen LogP contribution in [0.4, 0.5) is 0 Å². The SMILES string of the molecule is CC(C)C[C@H](O)[C@H](O)CNC(=O)[C@H](CC1CC1)NC(=O)C(Cc1ccccc1)CS(=O)C(C)(C)C. The van der Waals surface area contributed by atoms with E-state index in [1.54, 1.807) is 0 Å². The number of aliphatic hydroxyl groups is 2. The highest BCUT2D eigenvalue weighted by Gasteiger charge is 2.34. The Morgan fingerprint density at radius 2 is 1.69 bits per heavy atom. The smallest absolute Gasteiger partial charge is 0.242 e. The number of nitrogens with one attached hydrogen (secondary N) is 2. The normalized spacial score (nSPS) is 18.4. The Bertz CT molecular complexity index is 836. The molecule has 0 bridgehead atoms. The van der Waals surface area contributed by atoms with Crippen LogP contribution in [0.2, 0.25) is 0 Å². The molecule has 7 nitrogen and oxygen atoms in total. The molecule has 0 spiro atoms. The molecule has 0 heterocycles. The standard InChI is InChI=1S/C27H44N2O5S/c1-18(2)13-23(30)24(31)16-28-26(33)22(15-20-11-12-20)29-25(32)21(17-35(34)27(3,4)5)14-19-9-7-6-8-10-19/h6-10,18,20-24,30-31H,11-17H2,1-5H3,(H,28,33)(H,29,32)/t21?,22-,23-,24+,35?/m0/s1. The van der Waals surface area contributed by atoms with Crippen molar-refractivity contribution in [3.8, 4) is 0 Å². The third-order valence-electron chi connectivity index (χ3n) is 6.27. The first kappa shape index (κ1) is 29.5. The van der Waals surface area contributed by atoms with Gasteiger partial charge in [0.05, 0.1) is 18.1 Å². The van der Waals surface area contributed by atoms with Crippen LogP contribution in [-0.2, 0) is 26.8 Å². The van der Waals surface area contributed by atoms with Crippen molar-refractivity contribution in [2.75, 3.05) is 12.3 Å². The van der Waals surface area contributed by atoms with E-state index in [0.29, 0.717) is 25.2 Å². The third-order valence-corrected chi connectivity index (χ3v) is 8.34. The third kappa shape index (κ3) is 10.8. The van der Waals surface area contributed by atoms with Crippen molar-refractivity contribution in [2.24, 2.45) is 17.8 Å². The van der Waals surface area contributed by atoms with Gasteiger partial charge >= 0.3 is 0 Å². The van der Waals surface area contributed by atoms with E-state index < -0.39 is 39.7 Å². The average Bonchev–Trinajstić information content (AvgIpc) is 3.59. The van der Waals surface area contributed by atoms with Gasteiger partial charge in [0, 0.05) is 27.8 Å². The number of aliphatic hydroxyl groups excluding tert-OH is 2. The van der Waals surface area contributed by atoms with Gasteiger partial charge in [-0.3, -0.25) is 13.8 Å². The van der Waals surface area contributed by atoms with Gasteiger partial charge in [-0.2, -0.15) is 0 Å². The Morgan fingerprint density at radius 3 is 2.23 bits per heavy atom. The van der Waals surface area contributed by atoms with Gasteiger partial charge in [-0.05, 0) is 57.4 Å². The lowest BCUT2D eigenvalue weighted by Crippen LogP contribution is -2.52. The summed E-state index contributed by atoms with van der Waals surface area (Å²) in [6, 6.07) is 8.89. The van der Waals surface area contributed by atoms with Gasteiger partial charge in [0.1, 0.15) is 6.04 Å². The molecule has 2 unspecified atom stereocenters. The number of hydrogen-bond donors (Lipinski definition) is 4. The van der Waals surface area contributed by atoms with Crippen molar-refractivity contribution in [2.45, 2.75) is 89.7 Å². The molecule has 1 aromatic carbocycles. The highest BCUT2D eigenvalue weighted by Crippen LogP contribution is 2.33. The number of benzene rings is 1. The van der Waals surface area contributed by atoms with Gasteiger partial charge in [-0.15, -0.1) is 0 Å². The van der Waals surface area contributed by atoms with Gasteiger partial charge < -0.3 is 20.8 Å². The average molecular weight is 509 g/mol. The summed E-state index contributed by atoms with van der Waals surface area (Å²) in [7, 11) is -1.23. The number of rotatable bonds is 14. The minimum atomic E-state index is -1.23. The molecule has 1 saturated carbocycles. The quantitative estimate of drug-likeness (QED) is 0.308. The predicted molar refractivity (Wildman–Crippen MR) is 140 cm³/mol. The maximum atomic E-state index is 13.4. The summed E-state index contributed by atoms with van der Waals surface area (Å²) in [6.07, 6.45) is 1.46. The van der Waals surface area contributed by atoms with Gasteiger partial charge in [0.15, 0.2) is 0 Å². The molecule has 0 saturated heterocycles. The number of hydrogen-bond acceptors (Lipinski definition) is 5. The second kappa shape index (κ2) is 13.5. The molecule has 2 rings (SSSR count). The fourth-order valence-electron chi connectivity index (χ4n) is 3.87. The van der Waals surface area contributed by atoms with E-state index in [0.717, 1.165) is 18.4 Å². The van der Waals surface area contributed by atoms with Crippen LogP contribution in [0, 0.1) is 17.8 Å². The molecule has 35 heavy (non-hydrogen) atoms. The molecule has 4 N–H and O–H groups in total. The highest BCUT2D eigenvalue weighted by molar-refractivity contribution is 7.86. The van der Waals surface area contributed by atoms with E-state index in [4.69, 9.17) is 0 Å². The zero-order chi connectivity index (χ0) is 26.2. The van der Waals surface area contributed by atoms with E-state index in [2.05, 4.69) is 10.6 Å². The predicted octanol–water partition coefficient (Wildman–Crippen LogP) is 2.56. The van der Waals surface area contributed by atoms with Gasteiger partial charge in [0.25, 0.3) is 0 Å². The molecule has 0 aromatic heterocycles. The zero-order valence-corrected chi connectivity index (χ0v) is 22.6. The summed E-state index contributed by atoms with van der Waals surface area (Å²) in [5, 5.41) is 25.9. The Morgan fingerprint density at radius 1 is 1.06 bits per heavy atom. The first-order valence-corrected chi connectivity index (χ1v) is 14.0. The maximum Gasteiger partial charge on any atom is 0.242 e. The van der Waals surface area contributed by atoms with E-state index in [1.807, 2.05) is 65.0 Å². The lowest BCUT2D eigenvalue weighted by atomic mass is 9.99. The molecule has 8 heteroatoms. The lowest BCUT2D eigenvalue weighted by molar-refractivity contribution is -0.131. The lowest BCUT2D eigenvalue weighted by Gasteiger charge is -2.26. The topological polar surface area (TPSA) is 116 Å². The second-order valence-electron chi connectivity index (χ2n) is 11.3. The molecular weight excluding hydrogens is 464 g/mol. The van der Waals surface area contributed by atoms with Crippen LogP contribution < -0.4 is 10.6 Å². The molecule has 5 atom stereocenters.